The Labute approximate surface area is 318 Å². The number of nitrogen functional groups attached to an aromatic ring is 1. The molecule has 22 heteroatoms. The highest BCUT2D eigenvalue weighted by Crippen LogP contribution is 2.69. The van der Waals surface area contributed by atoms with Crippen LogP contribution in [0.2, 0.25) is 0 Å². The van der Waals surface area contributed by atoms with E-state index >= 15 is 4.57 Å². The highest BCUT2D eigenvalue weighted by molar-refractivity contribution is 7.57. The second-order valence-corrected chi connectivity index (χ2v) is 15.8. The van der Waals surface area contributed by atoms with Crippen molar-refractivity contribution in [2.45, 2.75) is 122 Å². The summed E-state index contributed by atoms with van der Waals surface area (Å²) in [7, 11) is -4.40. The molecule has 3 rings (SSSR count). The predicted molar refractivity (Wildman–Crippen MR) is 188 cm³/mol. The highest BCUT2D eigenvalue weighted by Gasteiger charge is 2.64. The van der Waals surface area contributed by atoms with Crippen LogP contribution in [0.3, 0.4) is 0 Å². The maximum Gasteiger partial charge on any atom is 0.352 e. The van der Waals surface area contributed by atoms with Crippen LogP contribution in [0.5, 0.6) is 0 Å². The predicted octanol–water partition coefficient (Wildman–Crippen LogP) is 0.0227. The van der Waals surface area contributed by atoms with Crippen molar-refractivity contribution in [3.8, 4) is 0 Å². The van der Waals surface area contributed by atoms with Gasteiger partial charge in [0, 0.05) is 52.4 Å². The van der Waals surface area contributed by atoms with E-state index in [1.807, 2.05) is 0 Å². The Morgan fingerprint density at radius 2 is 1.53 bits per heavy atom. The molecular formula is C33H53N4O17P. The van der Waals surface area contributed by atoms with E-state index in [1.165, 1.54) is 16.9 Å². The molecule has 9 atom stereocenters. The molecule has 55 heavy (non-hydrogen) atoms. The standard InChI is InChI=1S/C33H53N4O17P/c1-18(2)37(19(3)4)55(45,33(15-24(43)25(16-38)54-33)36-10-9-27(34)35-32(36)44)49-14-12-46-11-13-47-31-30(52-23(8)42)29(51-22(7)41)28(50-21(6)40)26(53-31)17-48-20(5)39/h9-10,18-19,24-26,28-31,38,43H,11-17H2,1-8H3,(H2,34,35,44)/t24-,25+,26+,28+,29-,30+,31+,33-,55?/m0/s1. The third kappa shape index (κ3) is 11.3. The van der Waals surface area contributed by atoms with E-state index in [1.54, 1.807) is 27.7 Å². The number of anilines is 1. The van der Waals surface area contributed by atoms with Crippen molar-refractivity contribution in [1.29, 1.82) is 0 Å². The summed E-state index contributed by atoms with van der Waals surface area (Å²) in [6, 6.07) is 0.425. The normalized spacial score (nSPS) is 27.8. The summed E-state index contributed by atoms with van der Waals surface area (Å²) in [5.41, 5.74) is 2.68. The molecule has 1 aromatic heterocycles. The zero-order valence-electron chi connectivity index (χ0n) is 32.2. The minimum Gasteiger partial charge on any atom is -0.463 e. The second-order valence-electron chi connectivity index (χ2n) is 13.3. The van der Waals surface area contributed by atoms with Crippen LogP contribution in [0.1, 0.15) is 61.8 Å². The number of aromatic nitrogens is 2. The molecule has 0 saturated carbocycles. The lowest BCUT2D eigenvalue weighted by molar-refractivity contribution is -0.309. The number of nitrogens with zero attached hydrogens (tertiary/aromatic N) is 3. The fourth-order valence-electron chi connectivity index (χ4n) is 6.51. The smallest absolute Gasteiger partial charge is 0.352 e. The Kier molecular flexibility index (Phi) is 16.7. The fourth-order valence-corrected chi connectivity index (χ4v) is 9.85. The van der Waals surface area contributed by atoms with Gasteiger partial charge >= 0.3 is 37.1 Å². The number of ether oxygens (including phenoxy) is 8. The molecule has 0 aliphatic carbocycles. The molecule has 0 aromatic carbocycles. The van der Waals surface area contributed by atoms with Crippen LogP contribution < -0.4 is 11.4 Å². The van der Waals surface area contributed by atoms with Crippen molar-refractivity contribution in [2.75, 3.05) is 45.4 Å². The van der Waals surface area contributed by atoms with Crippen molar-refractivity contribution in [3.63, 3.8) is 0 Å². The number of aliphatic hydroxyl groups excluding tert-OH is 2. The van der Waals surface area contributed by atoms with E-state index in [0.29, 0.717) is 0 Å². The van der Waals surface area contributed by atoms with Gasteiger partial charge in [-0.1, -0.05) is 0 Å². The number of aliphatic hydroxyl groups is 2. The van der Waals surface area contributed by atoms with Crippen molar-refractivity contribution in [1.82, 2.24) is 14.2 Å². The zero-order valence-corrected chi connectivity index (χ0v) is 33.1. The van der Waals surface area contributed by atoms with E-state index < -0.39 is 117 Å². The largest absolute Gasteiger partial charge is 0.463 e. The quantitative estimate of drug-likeness (QED) is 0.0719. The number of hydrogen-bond acceptors (Lipinski definition) is 19. The molecule has 0 amide bonds. The van der Waals surface area contributed by atoms with Crippen LogP contribution in [-0.4, -0.2) is 143 Å². The van der Waals surface area contributed by atoms with Gasteiger partial charge in [-0.2, -0.15) is 4.98 Å². The van der Waals surface area contributed by atoms with Crippen LogP contribution in [0.4, 0.5) is 5.82 Å². The maximum atomic E-state index is 15.4. The first-order chi connectivity index (χ1) is 25.8. The van der Waals surface area contributed by atoms with Crippen molar-refractivity contribution in [3.05, 3.63) is 22.7 Å². The lowest BCUT2D eigenvalue weighted by Gasteiger charge is -2.46. The minimum atomic E-state index is -4.40. The van der Waals surface area contributed by atoms with Crippen LogP contribution in [0.15, 0.2) is 17.1 Å². The first-order valence-corrected chi connectivity index (χ1v) is 19.2. The first kappa shape index (κ1) is 45.9. The average Bonchev–Trinajstić information content (AvgIpc) is 3.42. The summed E-state index contributed by atoms with van der Waals surface area (Å²) in [6.45, 7) is 9.55. The third-order valence-corrected chi connectivity index (χ3v) is 11.8. The van der Waals surface area contributed by atoms with Gasteiger partial charge < -0.3 is 58.4 Å². The van der Waals surface area contributed by atoms with Crippen molar-refractivity contribution < 1.29 is 76.4 Å². The molecule has 1 unspecified atom stereocenters. The Balaban J connectivity index is 1.82. The molecule has 2 aliphatic rings. The number of esters is 4. The number of carbonyl (C=O) groups is 4. The van der Waals surface area contributed by atoms with Gasteiger partial charge in [-0.05, 0) is 33.8 Å². The number of hydrogen-bond donors (Lipinski definition) is 3. The molecule has 4 N–H and O–H groups in total. The summed E-state index contributed by atoms with van der Waals surface area (Å²) in [5, 5.41) is 20.9. The molecular weight excluding hydrogens is 755 g/mol. The minimum absolute atomic E-state index is 0.103. The molecule has 21 nitrogen and oxygen atoms in total. The van der Waals surface area contributed by atoms with E-state index in [4.69, 9.17) is 48.2 Å². The van der Waals surface area contributed by atoms with Gasteiger partial charge in [0.05, 0.1) is 39.1 Å². The molecule has 312 valence electrons. The summed E-state index contributed by atoms with van der Waals surface area (Å²) >= 11 is 0. The number of rotatable bonds is 19. The lowest BCUT2D eigenvalue weighted by Crippen LogP contribution is -2.63. The molecule has 3 heterocycles. The fraction of sp³-hybridized carbons (Fsp3) is 0.758. The van der Waals surface area contributed by atoms with Crippen molar-refractivity contribution >= 4 is 37.2 Å². The summed E-state index contributed by atoms with van der Waals surface area (Å²) < 4.78 is 68.9. The molecule has 1 aromatic rings. The van der Waals surface area contributed by atoms with Crippen LogP contribution in [-0.2, 0) is 71.6 Å². The summed E-state index contributed by atoms with van der Waals surface area (Å²) in [4.78, 5) is 64.7. The van der Waals surface area contributed by atoms with Gasteiger partial charge in [-0.25, -0.2) is 9.46 Å². The topological polar surface area (TPSA) is 273 Å². The van der Waals surface area contributed by atoms with Crippen LogP contribution >= 0.6 is 7.52 Å². The van der Waals surface area contributed by atoms with E-state index in [9.17, 15) is 34.2 Å². The number of carbonyl (C=O) groups excluding carboxylic acids is 4. The molecule has 0 spiro atoms. The monoisotopic (exact) mass is 808 g/mol. The van der Waals surface area contributed by atoms with Gasteiger partial charge in [0.25, 0.3) is 0 Å². The lowest BCUT2D eigenvalue weighted by atomic mass is 9.98. The Hall–Kier alpha value is -3.53. The van der Waals surface area contributed by atoms with Gasteiger partial charge in [-0.3, -0.25) is 28.3 Å². The Morgan fingerprint density at radius 3 is 2.05 bits per heavy atom. The van der Waals surface area contributed by atoms with Crippen LogP contribution in [0, 0.1) is 0 Å². The van der Waals surface area contributed by atoms with Crippen LogP contribution in [0.25, 0.3) is 0 Å². The SMILES string of the molecule is CC(=O)OC[C@H]1O[C@@H](OCCOCCOP(=O)(N(C(C)C)C(C)C)[C@]2(n3ccc(N)nc3=O)C[C@H](O)[C@@H](CO)O2)[C@H](OC(C)=O)[C@@H](OC(C)=O)[C@@H]1OC(C)=O. The van der Waals surface area contributed by atoms with Gasteiger partial charge in [-0.15, -0.1) is 0 Å². The Morgan fingerprint density at radius 1 is 0.945 bits per heavy atom. The molecule has 2 saturated heterocycles. The van der Waals surface area contributed by atoms with Crippen molar-refractivity contribution in [2.24, 2.45) is 0 Å². The summed E-state index contributed by atoms with van der Waals surface area (Å²) in [6.07, 6.45) is -8.55. The highest BCUT2D eigenvalue weighted by atomic mass is 31.2. The molecule has 2 aliphatic heterocycles. The average molecular weight is 809 g/mol. The third-order valence-electron chi connectivity index (χ3n) is 8.38. The molecule has 2 fully saturated rings. The zero-order chi connectivity index (χ0) is 41.2. The molecule has 0 bridgehead atoms. The number of nitrogens with two attached hydrogens (primary N) is 1. The van der Waals surface area contributed by atoms with Gasteiger partial charge in [0.15, 0.2) is 24.6 Å². The van der Waals surface area contributed by atoms with E-state index in [2.05, 4.69) is 4.98 Å². The second kappa shape index (κ2) is 20.1. The summed E-state index contributed by atoms with van der Waals surface area (Å²) in [5.74, 6) is -3.16. The Bertz CT molecular complexity index is 1580. The van der Waals surface area contributed by atoms with Gasteiger partial charge in [0.2, 0.25) is 5.47 Å². The van der Waals surface area contributed by atoms with E-state index in [0.717, 1.165) is 32.3 Å². The van der Waals surface area contributed by atoms with Gasteiger partial charge in [0.1, 0.15) is 24.6 Å². The maximum absolute atomic E-state index is 15.4. The van der Waals surface area contributed by atoms with E-state index in [-0.39, 0.29) is 32.2 Å². The molecule has 0 radical (unpaired) electrons. The first-order valence-electron chi connectivity index (χ1n) is 17.6.